The highest BCUT2D eigenvalue weighted by molar-refractivity contribution is 5.93. The number of hydrogen-bond donors (Lipinski definition) is 0. The fourth-order valence-corrected chi connectivity index (χ4v) is 11.1. The van der Waals surface area contributed by atoms with E-state index in [1.54, 1.807) is 0 Å². The van der Waals surface area contributed by atoms with Crippen molar-refractivity contribution in [2.75, 3.05) is 9.80 Å². The Balaban J connectivity index is 0.843. The Morgan fingerprint density at radius 3 is 1.00 bits per heavy atom. The smallest absolute Gasteiger partial charge is 0.0468 e. The van der Waals surface area contributed by atoms with Crippen molar-refractivity contribution in [1.82, 2.24) is 0 Å². The predicted molar refractivity (Wildman–Crippen MR) is 291 cm³/mol. The zero-order valence-corrected chi connectivity index (χ0v) is 39.7. The molecule has 0 saturated heterocycles. The van der Waals surface area contributed by atoms with Crippen LogP contribution >= 0.6 is 0 Å². The number of benzene rings is 10. The first-order valence-electron chi connectivity index (χ1n) is 24.0. The zero-order valence-electron chi connectivity index (χ0n) is 39.7. The van der Waals surface area contributed by atoms with Gasteiger partial charge in [0.15, 0.2) is 0 Å². The van der Waals surface area contributed by atoms with E-state index in [9.17, 15) is 0 Å². The lowest BCUT2D eigenvalue weighted by molar-refractivity contribution is 0.660. The lowest BCUT2D eigenvalue weighted by Gasteiger charge is -2.28. The van der Waals surface area contributed by atoms with Crippen molar-refractivity contribution in [3.05, 3.63) is 251 Å². The van der Waals surface area contributed by atoms with Crippen LogP contribution in [0.15, 0.2) is 206 Å². The fraction of sp³-hybridized carbons (Fsp3) is 0.121. The van der Waals surface area contributed by atoms with E-state index < -0.39 is 0 Å². The number of anilines is 6. The van der Waals surface area contributed by atoms with E-state index in [1.807, 2.05) is 0 Å². The molecule has 10 aromatic carbocycles. The molecule has 2 aliphatic carbocycles. The number of fused-ring (bicyclic) bond motifs is 8. The van der Waals surface area contributed by atoms with Gasteiger partial charge in [0.25, 0.3) is 0 Å². The van der Waals surface area contributed by atoms with Gasteiger partial charge in [0.05, 0.1) is 0 Å². The minimum Gasteiger partial charge on any atom is -0.310 e. The van der Waals surface area contributed by atoms with E-state index in [4.69, 9.17) is 0 Å². The molecule has 0 aliphatic heterocycles. The van der Waals surface area contributed by atoms with Crippen LogP contribution in [-0.4, -0.2) is 0 Å². The van der Waals surface area contributed by atoms with Gasteiger partial charge in [0, 0.05) is 45.0 Å². The van der Waals surface area contributed by atoms with Crippen molar-refractivity contribution < 1.29 is 0 Å². The highest BCUT2D eigenvalue weighted by atomic mass is 15.1. The van der Waals surface area contributed by atoms with E-state index in [-0.39, 0.29) is 10.8 Å². The standard InChI is InChI=1S/C66H54N2/c1-43-15-25-51(26-16-43)67(53-29-23-47-11-7-9-13-49(47)39-53)55-31-35-59-57-33-21-45(37-61(57)65(3,4)63(59)41-55)19-20-46-22-34-58-60-36-32-56(42-64(60)66(5,6)62(58)38-46)68(52-27-17-44(2)18-28-52)54-30-24-48-12-8-10-14-50(48)40-54/h7-42H,1-6H3/b20-19+. The molecule has 68 heavy (non-hydrogen) atoms. The molecule has 10 aromatic rings. The second kappa shape index (κ2) is 15.9. The van der Waals surface area contributed by atoms with Crippen LogP contribution in [0.3, 0.4) is 0 Å². The molecule has 2 heteroatoms. The first-order valence-corrected chi connectivity index (χ1v) is 24.0. The Hall–Kier alpha value is -7.94. The number of rotatable bonds is 8. The number of aryl methyl sites for hydroxylation is 2. The van der Waals surface area contributed by atoms with Crippen LogP contribution < -0.4 is 9.80 Å². The van der Waals surface area contributed by atoms with Crippen LogP contribution in [0.1, 0.15) is 72.2 Å². The quantitative estimate of drug-likeness (QED) is 0.140. The molecule has 0 aromatic heterocycles. The van der Waals surface area contributed by atoms with Crippen molar-refractivity contribution >= 4 is 67.8 Å². The number of nitrogens with zero attached hydrogens (tertiary/aromatic N) is 2. The summed E-state index contributed by atoms with van der Waals surface area (Å²) < 4.78 is 0. The third-order valence-corrected chi connectivity index (χ3v) is 14.9. The average Bonchev–Trinajstić information content (AvgIpc) is 3.72. The lowest BCUT2D eigenvalue weighted by atomic mass is 9.81. The zero-order chi connectivity index (χ0) is 46.3. The SMILES string of the molecule is Cc1ccc(N(c2ccc3c(c2)C(C)(C)c2cc(/C=C/c4ccc5c(c4)C(C)(C)c4cc(N(c6ccc(C)cc6)c6ccc7ccccc7c6)ccc4-5)ccc2-3)c2ccc3ccccc3c2)cc1. The van der Waals surface area contributed by atoms with Crippen molar-refractivity contribution in [1.29, 1.82) is 0 Å². The molecular weight excluding hydrogens is 821 g/mol. The van der Waals surface area contributed by atoms with E-state index in [0.29, 0.717) is 0 Å². The van der Waals surface area contributed by atoms with Gasteiger partial charge >= 0.3 is 0 Å². The van der Waals surface area contributed by atoms with Gasteiger partial charge in [-0.05, 0) is 164 Å². The monoisotopic (exact) mass is 874 g/mol. The summed E-state index contributed by atoms with van der Waals surface area (Å²) in [4.78, 5) is 4.81. The Kier molecular flexibility index (Phi) is 9.67. The highest BCUT2D eigenvalue weighted by Gasteiger charge is 2.38. The van der Waals surface area contributed by atoms with Gasteiger partial charge in [-0.3, -0.25) is 0 Å². The fourth-order valence-electron chi connectivity index (χ4n) is 11.1. The predicted octanol–water partition coefficient (Wildman–Crippen LogP) is 18.3. The maximum atomic E-state index is 2.43. The summed E-state index contributed by atoms with van der Waals surface area (Å²) in [5, 5.41) is 4.96. The summed E-state index contributed by atoms with van der Waals surface area (Å²) >= 11 is 0. The van der Waals surface area contributed by atoms with Crippen molar-refractivity contribution in [3.63, 3.8) is 0 Å². The van der Waals surface area contributed by atoms with E-state index in [1.165, 1.54) is 88.3 Å². The summed E-state index contributed by atoms with van der Waals surface area (Å²) in [5.74, 6) is 0. The van der Waals surface area contributed by atoms with Gasteiger partial charge in [-0.15, -0.1) is 0 Å². The van der Waals surface area contributed by atoms with E-state index >= 15 is 0 Å². The Bertz CT molecular complexity index is 3400. The van der Waals surface area contributed by atoms with Crippen LogP contribution in [0.4, 0.5) is 34.1 Å². The minimum absolute atomic E-state index is 0.182. The Morgan fingerprint density at radius 2 is 0.603 bits per heavy atom. The topological polar surface area (TPSA) is 6.48 Å². The molecule has 0 unspecified atom stereocenters. The largest absolute Gasteiger partial charge is 0.310 e. The van der Waals surface area contributed by atoms with Crippen LogP contribution in [0, 0.1) is 13.8 Å². The molecule has 12 rings (SSSR count). The molecule has 0 N–H and O–H groups in total. The summed E-state index contributed by atoms with van der Waals surface area (Å²) in [5.41, 5.74) is 22.2. The third-order valence-electron chi connectivity index (χ3n) is 14.9. The number of hydrogen-bond acceptors (Lipinski definition) is 2. The third kappa shape index (κ3) is 6.94. The summed E-state index contributed by atoms with van der Waals surface area (Å²) in [6.07, 6.45) is 4.59. The highest BCUT2D eigenvalue weighted by Crippen LogP contribution is 2.53. The summed E-state index contributed by atoms with van der Waals surface area (Å²) in [7, 11) is 0. The molecule has 0 saturated carbocycles. The minimum atomic E-state index is -0.182. The molecule has 2 nitrogen and oxygen atoms in total. The summed E-state index contributed by atoms with van der Waals surface area (Å²) in [6, 6.07) is 76.8. The Labute approximate surface area is 401 Å². The van der Waals surface area contributed by atoms with Crippen LogP contribution in [0.5, 0.6) is 0 Å². The van der Waals surface area contributed by atoms with Crippen molar-refractivity contribution in [2.24, 2.45) is 0 Å². The molecule has 0 amide bonds. The van der Waals surface area contributed by atoms with Crippen LogP contribution in [-0.2, 0) is 10.8 Å². The lowest BCUT2D eigenvalue weighted by Crippen LogP contribution is -2.16. The average molecular weight is 875 g/mol. The molecule has 0 radical (unpaired) electrons. The van der Waals surface area contributed by atoms with Crippen LogP contribution in [0.25, 0.3) is 56.0 Å². The summed E-state index contributed by atoms with van der Waals surface area (Å²) in [6.45, 7) is 13.8. The normalized spacial score (nSPS) is 13.9. The van der Waals surface area contributed by atoms with Crippen molar-refractivity contribution in [2.45, 2.75) is 52.4 Å². The van der Waals surface area contributed by atoms with Gasteiger partial charge in [0.2, 0.25) is 0 Å². The van der Waals surface area contributed by atoms with Gasteiger partial charge in [-0.25, -0.2) is 0 Å². The molecule has 328 valence electrons. The first-order chi connectivity index (χ1) is 33.0. The molecular formula is C66H54N2. The van der Waals surface area contributed by atoms with Gasteiger partial charge in [-0.1, -0.05) is 184 Å². The van der Waals surface area contributed by atoms with Crippen LogP contribution in [0.2, 0.25) is 0 Å². The second-order valence-corrected chi connectivity index (χ2v) is 20.1. The second-order valence-electron chi connectivity index (χ2n) is 20.1. The molecule has 0 atom stereocenters. The van der Waals surface area contributed by atoms with Gasteiger partial charge < -0.3 is 9.80 Å². The molecule has 0 spiro atoms. The van der Waals surface area contributed by atoms with Gasteiger partial charge in [-0.2, -0.15) is 0 Å². The maximum Gasteiger partial charge on any atom is 0.0468 e. The maximum absolute atomic E-state index is 2.43. The Morgan fingerprint density at radius 1 is 0.294 bits per heavy atom. The first kappa shape index (κ1) is 41.5. The molecule has 0 heterocycles. The molecule has 0 fully saturated rings. The van der Waals surface area contributed by atoms with E-state index in [2.05, 4.69) is 270 Å². The van der Waals surface area contributed by atoms with Gasteiger partial charge in [0.1, 0.15) is 0 Å². The molecule has 0 bridgehead atoms. The van der Waals surface area contributed by atoms with Crippen molar-refractivity contribution in [3.8, 4) is 22.3 Å². The molecule has 2 aliphatic rings. The van der Waals surface area contributed by atoms with E-state index in [0.717, 1.165) is 34.1 Å².